The van der Waals surface area contributed by atoms with Gasteiger partial charge in [-0.1, -0.05) is 0 Å². The molecule has 0 rings (SSSR count). The average Bonchev–Trinajstić information content (AvgIpc) is 1.52. The molecule has 0 atom stereocenters. The van der Waals surface area contributed by atoms with Gasteiger partial charge in [-0.25, -0.2) is 13.4 Å². The van der Waals surface area contributed by atoms with E-state index in [0.29, 0.717) is 0 Å². The first-order valence-corrected chi connectivity index (χ1v) is 4.03. The first kappa shape index (κ1) is 13.6. The molecule has 72 valence electrons. The molecule has 0 aliphatic heterocycles. The topological polar surface area (TPSA) is 169 Å². The van der Waals surface area contributed by atoms with Crippen LogP contribution in [-0.2, 0) is 10.4 Å². The van der Waals surface area contributed by atoms with Gasteiger partial charge in [0.1, 0.15) is 0 Å². The SMILES string of the molecule is NC(=S)[NH+]=C(N)N.O=S(=O)([O-])O. The van der Waals surface area contributed by atoms with Gasteiger partial charge in [-0.15, -0.1) is 0 Å². The number of hydrogen-bond donors (Lipinski definition) is 5. The summed E-state index contributed by atoms with van der Waals surface area (Å²) in [7, 11) is -4.92. The summed E-state index contributed by atoms with van der Waals surface area (Å²) in [5.41, 5.74) is 14.8. The van der Waals surface area contributed by atoms with Gasteiger partial charge in [0.25, 0.3) is 5.11 Å². The van der Waals surface area contributed by atoms with Gasteiger partial charge in [-0.05, 0) is 12.2 Å². The van der Waals surface area contributed by atoms with Crippen LogP contribution in [0.1, 0.15) is 0 Å². The molecule has 0 saturated carbocycles. The van der Waals surface area contributed by atoms with Crippen molar-refractivity contribution in [3.05, 3.63) is 0 Å². The molecule has 0 bridgehead atoms. The van der Waals surface area contributed by atoms with Crippen LogP contribution in [-0.4, -0.2) is 28.6 Å². The smallest absolute Gasteiger partial charge is 0.303 e. The fraction of sp³-hybridized carbons (Fsp3) is 0. The van der Waals surface area contributed by atoms with Crippen LogP contribution < -0.4 is 22.2 Å². The van der Waals surface area contributed by atoms with Crippen LogP contribution in [0.15, 0.2) is 0 Å². The largest absolute Gasteiger partial charge is 0.726 e. The third-order valence-corrected chi connectivity index (χ3v) is 0.370. The molecule has 0 aromatic carbocycles. The Labute approximate surface area is 74.0 Å². The Bertz CT molecular complexity index is 257. The van der Waals surface area contributed by atoms with Crippen molar-refractivity contribution in [2.75, 3.05) is 0 Å². The first-order valence-electron chi connectivity index (χ1n) is 2.25. The Morgan fingerprint density at radius 3 is 1.67 bits per heavy atom. The standard InChI is InChI=1S/C2H6N4S.H2O4S/c3-1(4)6-2(5)7;1-5(2,3)4/h(H6,3,4,5,6,7);(H2,1,2,3,4). The summed E-state index contributed by atoms with van der Waals surface area (Å²) >= 11 is 4.36. The monoisotopic (exact) mass is 216 g/mol. The number of guanidine groups is 1. The van der Waals surface area contributed by atoms with Crippen molar-refractivity contribution >= 4 is 33.7 Å². The van der Waals surface area contributed by atoms with Crippen molar-refractivity contribution in [1.82, 2.24) is 0 Å². The highest BCUT2D eigenvalue weighted by Gasteiger charge is 1.83. The lowest BCUT2D eigenvalue weighted by molar-refractivity contribution is -0.315. The fourth-order valence-corrected chi connectivity index (χ4v) is 0.260. The normalized spacial score (nSPS) is 9.17. The Kier molecular flexibility index (Phi) is 6.41. The van der Waals surface area contributed by atoms with Gasteiger partial charge in [0.2, 0.25) is 10.4 Å². The van der Waals surface area contributed by atoms with E-state index in [1.165, 1.54) is 0 Å². The fourth-order valence-electron chi connectivity index (χ4n) is 0.142. The number of thiocarbonyl (C=S) groups is 1. The lowest BCUT2D eigenvalue weighted by Gasteiger charge is -1.88. The number of rotatable bonds is 0. The summed E-state index contributed by atoms with van der Waals surface area (Å²) in [6.45, 7) is 0. The van der Waals surface area contributed by atoms with Gasteiger partial charge >= 0.3 is 5.96 Å². The van der Waals surface area contributed by atoms with Crippen molar-refractivity contribution in [2.45, 2.75) is 0 Å². The highest BCUT2D eigenvalue weighted by molar-refractivity contribution is 7.80. The van der Waals surface area contributed by atoms with Crippen LogP contribution in [0.3, 0.4) is 0 Å². The maximum Gasteiger partial charge on any atom is 0.303 e. The summed E-state index contributed by atoms with van der Waals surface area (Å²) < 4.78 is 32.8. The van der Waals surface area contributed by atoms with Crippen molar-refractivity contribution in [3.8, 4) is 0 Å². The molecule has 12 heavy (non-hydrogen) atoms. The van der Waals surface area contributed by atoms with E-state index in [4.69, 9.17) is 34.7 Å². The van der Waals surface area contributed by atoms with Crippen LogP contribution in [0.2, 0.25) is 0 Å². The van der Waals surface area contributed by atoms with Crippen molar-refractivity contribution < 1.29 is 22.5 Å². The minimum Gasteiger partial charge on any atom is -0.726 e. The second-order valence-corrected chi connectivity index (χ2v) is 2.67. The third-order valence-electron chi connectivity index (χ3n) is 0.268. The molecule has 0 fully saturated rings. The van der Waals surface area contributed by atoms with E-state index in [-0.39, 0.29) is 11.1 Å². The summed E-state index contributed by atoms with van der Waals surface area (Å²) in [6, 6.07) is 0. The van der Waals surface area contributed by atoms with E-state index in [2.05, 4.69) is 17.2 Å². The van der Waals surface area contributed by atoms with Crippen LogP contribution in [0.4, 0.5) is 0 Å². The highest BCUT2D eigenvalue weighted by atomic mass is 32.3. The summed E-state index contributed by atoms with van der Waals surface area (Å²) in [6.07, 6.45) is 0. The zero-order valence-corrected chi connectivity index (χ0v) is 7.35. The molecule has 0 radical (unpaired) electrons. The molecule has 0 aliphatic rings. The molecular formula is C2H8N4O4S2. The molecule has 0 heterocycles. The molecule has 0 saturated heterocycles. The van der Waals surface area contributed by atoms with Gasteiger partial charge < -0.3 is 21.8 Å². The maximum absolute atomic E-state index is 8.63. The molecule has 8 N–H and O–H groups in total. The Balaban J connectivity index is 0. The number of nitrogens with one attached hydrogen (secondary N) is 1. The van der Waals surface area contributed by atoms with Gasteiger partial charge in [0.05, 0.1) is 0 Å². The summed E-state index contributed by atoms with van der Waals surface area (Å²) in [5, 5.41) is 0.0833. The third kappa shape index (κ3) is 63.4. The zero-order valence-electron chi connectivity index (χ0n) is 5.72. The molecule has 0 aliphatic carbocycles. The molecule has 8 nitrogen and oxygen atoms in total. The Hall–Kier alpha value is -0.970. The predicted molar refractivity (Wildman–Crippen MR) is 43.5 cm³/mol. The predicted octanol–water partition coefficient (Wildman–Crippen LogP) is -4.41. The lowest BCUT2D eigenvalue weighted by atomic mass is 11.0. The number of nitrogens with two attached hydrogens (primary N) is 3. The molecule has 0 unspecified atom stereocenters. The van der Waals surface area contributed by atoms with Crippen molar-refractivity contribution in [1.29, 1.82) is 0 Å². The average molecular weight is 216 g/mol. The van der Waals surface area contributed by atoms with Gasteiger partial charge in [0, 0.05) is 0 Å². The lowest BCUT2D eigenvalue weighted by Crippen LogP contribution is -2.83. The summed E-state index contributed by atoms with van der Waals surface area (Å²) in [5.74, 6) is 0.0208. The maximum atomic E-state index is 8.63. The minimum atomic E-state index is -4.92. The van der Waals surface area contributed by atoms with E-state index in [0.717, 1.165) is 0 Å². The molecule has 0 spiro atoms. The van der Waals surface area contributed by atoms with Crippen LogP contribution in [0.25, 0.3) is 0 Å². The van der Waals surface area contributed by atoms with E-state index >= 15 is 0 Å². The van der Waals surface area contributed by atoms with Crippen LogP contribution in [0, 0.1) is 0 Å². The second kappa shape index (κ2) is 5.65. The van der Waals surface area contributed by atoms with E-state index < -0.39 is 10.4 Å². The molecule has 0 amide bonds. The Morgan fingerprint density at radius 1 is 1.42 bits per heavy atom. The minimum absolute atomic E-state index is 0.0208. The van der Waals surface area contributed by atoms with Gasteiger partial charge in [0.15, 0.2) is 0 Å². The second-order valence-electron chi connectivity index (χ2n) is 1.37. The highest BCUT2D eigenvalue weighted by Crippen LogP contribution is 1.58. The quantitative estimate of drug-likeness (QED) is 0.0887. The molecule has 0 aromatic rings. The van der Waals surface area contributed by atoms with Crippen LogP contribution in [0.5, 0.6) is 0 Å². The number of hydrogen-bond acceptors (Lipinski definition) is 4. The van der Waals surface area contributed by atoms with Gasteiger partial charge in [-0.2, -0.15) is 0 Å². The first-order chi connectivity index (χ1) is 5.13. The molecule has 0 aromatic heterocycles. The summed E-state index contributed by atoms with van der Waals surface area (Å²) in [4.78, 5) is 2.29. The zero-order chi connectivity index (χ0) is 10.4. The molecular weight excluding hydrogens is 208 g/mol. The van der Waals surface area contributed by atoms with Gasteiger partial charge in [-0.3, -0.25) is 4.55 Å². The van der Waals surface area contributed by atoms with Crippen molar-refractivity contribution in [2.24, 2.45) is 17.2 Å². The van der Waals surface area contributed by atoms with E-state index in [9.17, 15) is 0 Å². The molecule has 10 heteroatoms. The van der Waals surface area contributed by atoms with Crippen molar-refractivity contribution in [3.63, 3.8) is 0 Å². The van der Waals surface area contributed by atoms with Crippen LogP contribution >= 0.6 is 12.2 Å². The van der Waals surface area contributed by atoms with E-state index in [1.807, 2.05) is 0 Å². The van der Waals surface area contributed by atoms with E-state index in [1.54, 1.807) is 0 Å². The Morgan fingerprint density at radius 2 is 1.67 bits per heavy atom.